The van der Waals surface area contributed by atoms with Crippen molar-refractivity contribution in [2.24, 2.45) is 11.7 Å². The number of carbonyl (C=O) groups is 2. The first-order valence-corrected chi connectivity index (χ1v) is 8.95. The van der Waals surface area contributed by atoms with Crippen LogP contribution < -0.4 is 21.9 Å². The normalized spacial score (nSPS) is 25.0. The quantitative estimate of drug-likeness (QED) is 0.596. The van der Waals surface area contributed by atoms with Gasteiger partial charge in [0.15, 0.2) is 0 Å². The van der Waals surface area contributed by atoms with Gasteiger partial charge in [0.2, 0.25) is 11.8 Å². The number of amides is 2. The highest BCUT2D eigenvalue weighted by molar-refractivity contribution is 6.30. The fourth-order valence-corrected chi connectivity index (χ4v) is 3.62. The minimum atomic E-state index is -0.309. The van der Waals surface area contributed by atoms with Gasteiger partial charge < -0.3 is 11.1 Å². The number of benzene rings is 1. The van der Waals surface area contributed by atoms with Crippen LogP contribution in [0.15, 0.2) is 24.3 Å². The van der Waals surface area contributed by atoms with Crippen molar-refractivity contribution in [3.63, 3.8) is 0 Å². The van der Waals surface area contributed by atoms with Gasteiger partial charge >= 0.3 is 0 Å². The smallest absolute Gasteiger partial charge is 0.231 e. The Bertz CT molecular complexity index is 616. The Hall–Kier alpha value is -1.67. The van der Waals surface area contributed by atoms with E-state index in [0.717, 1.165) is 31.5 Å². The number of nitrogens with two attached hydrogens (primary N) is 1. The van der Waals surface area contributed by atoms with Crippen LogP contribution in [-0.4, -0.2) is 48.9 Å². The number of nitrogens with zero attached hydrogens (tertiary/aromatic N) is 1. The molecule has 2 atom stereocenters. The maximum atomic E-state index is 12.7. The lowest BCUT2D eigenvalue weighted by molar-refractivity contribution is -0.126. The minimum Gasteiger partial charge on any atom is -0.369 e. The monoisotopic (exact) mass is 365 g/mol. The molecule has 136 valence electrons. The Morgan fingerprint density at radius 2 is 1.92 bits per heavy atom. The summed E-state index contributed by atoms with van der Waals surface area (Å²) in [5, 5.41) is 3.84. The number of nitrogens with one attached hydrogen (secondary N) is 3. The molecule has 0 bridgehead atoms. The Labute approximate surface area is 152 Å². The van der Waals surface area contributed by atoms with Crippen molar-refractivity contribution in [3.8, 4) is 0 Å². The van der Waals surface area contributed by atoms with Crippen LogP contribution in [0.4, 0.5) is 0 Å². The van der Waals surface area contributed by atoms with Crippen molar-refractivity contribution < 1.29 is 9.59 Å². The standard InChI is InChI=1S/C17H24ClN5O2/c18-12-3-1-11(2-4-12)16-14(9-20-22-16)17(25)21-13-5-7-23(8-6-13)10-15(19)24/h1-4,13-14,16,20,22H,5-10H2,(H2,19,24)(H,21,25). The molecule has 25 heavy (non-hydrogen) atoms. The SMILES string of the molecule is NC(=O)CN1CCC(NC(=O)C2CNNC2c2ccc(Cl)cc2)CC1. The molecular formula is C17H24ClN5O2. The molecule has 2 unspecified atom stereocenters. The number of likely N-dealkylation sites (tertiary alicyclic amines) is 1. The average Bonchev–Trinajstić information content (AvgIpc) is 3.06. The maximum Gasteiger partial charge on any atom is 0.231 e. The van der Waals surface area contributed by atoms with Crippen molar-refractivity contribution in [2.75, 3.05) is 26.2 Å². The van der Waals surface area contributed by atoms with E-state index >= 15 is 0 Å². The molecule has 8 heteroatoms. The lowest BCUT2D eigenvalue weighted by Gasteiger charge is -2.32. The van der Waals surface area contributed by atoms with E-state index in [1.165, 1.54) is 0 Å². The molecule has 5 N–H and O–H groups in total. The van der Waals surface area contributed by atoms with E-state index in [-0.39, 0.29) is 36.4 Å². The van der Waals surface area contributed by atoms with E-state index in [1.54, 1.807) is 0 Å². The number of halogens is 1. The van der Waals surface area contributed by atoms with Gasteiger partial charge in [-0.25, -0.2) is 5.43 Å². The molecular weight excluding hydrogens is 342 g/mol. The molecule has 2 saturated heterocycles. The number of hydrogen-bond donors (Lipinski definition) is 4. The van der Waals surface area contributed by atoms with Crippen LogP contribution in [-0.2, 0) is 9.59 Å². The van der Waals surface area contributed by atoms with Gasteiger partial charge in [-0.05, 0) is 30.5 Å². The van der Waals surface area contributed by atoms with Crippen LogP contribution in [0.25, 0.3) is 0 Å². The van der Waals surface area contributed by atoms with Crippen LogP contribution in [0, 0.1) is 5.92 Å². The summed E-state index contributed by atoms with van der Waals surface area (Å²) in [7, 11) is 0. The van der Waals surface area contributed by atoms with E-state index in [0.29, 0.717) is 11.6 Å². The molecule has 0 aliphatic carbocycles. The van der Waals surface area contributed by atoms with Crippen LogP contribution in [0.5, 0.6) is 0 Å². The summed E-state index contributed by atoms with van der Waals surface area (Å²) in [6.07, 6.45) is 1.66. The fraction of sp³-hybridized carbons (Fsp3) is 0.529. The van der Waals surface area contributed by atoms with Crippen molar-refractivity contribution in [1.82, 2.24) is 21.1 Å². The van der Waals surface area contributed by atoms with E-state index in [1.807, 2.05) is 29.2 Å². The van der Waals surface area contributed by atoms with Gasteiger partial charge in [-0.2, -0.15) is 0 Å². The van der Waals surface area contributed by atoms with Crippen molar-refractivity contribution >= 4 is 23.4 Å². The second-order valence-electron chi connectivity index (χ2n) is 6.69. The maximum absolute atomic E-state index is 12.7. The summed E-state index contributed by atoms with van der Waals surface area (Å²) in [5.74, 6) is -0.438. The molecule has 3 rings (SSSR count). The molecule has 1 aromatic carbocycles. The third-order valence-electron chi connectivity index (χ3n) is 4.86. The topological polar surface area (TPSA) is 99.5 Å². The number of primary amides is 1. The minimum absolute atomic E-state index is 0.0470. The molecule has 7 nitrogen and oxygen atoms in total. The van der Waals surface area contributed by atoms with Crippen LogP contribution >= 0.6 is 11.6 Å². The number of hydrogen-bond acceptors (Lipinski definition) is 5. The largest absolute Gasteiger partial charge is 0.369 e. The summed E-state index contributed by atoms with van der Waals surface area (Å²) in [5.41, 5.74) is 12.5. The van der Waals surface area contributed by atoms with E-state index in [2.05, 4.69) is 16.2 Å². The van der Waals surface area contributed by atoms with Gasteiger partial charge in [-0.15, -0.1) is 0 Å². The summed E-state index contributed by atoms with van der Waals surface area (Å²) in [4.78, 5) is 25.7. The molecule has 2 heterocycles. The molecule has 0 saturated carbocycles. The second kappa shape index (κ2) is 8.14. The zero-order valence-electron chi connectivity index (χ0n) is 14.0. The number of rotatable bonds is 5. The first-order chi connectivity index (χ1) is 12.0. The summed E-state index contributed by atoms with van der Waals surface area (Å²) >= 11 is 5.94. The van der Waals surface area contributed by atoms with Crippen LogP contribution in [0.3, 0.4) is 0 Å². The van der Waals surface area contributed by atoms with Crippen LogP contribution in [0.2, 0.25) is 5.02 Å². The number of hydrazine groups is 1. The molecule has 2 amide bonds. The number of carbonyl (C=O) groups excluding carboxylic acids is 2. The Balaban J connectivity index is 1.54. The van der Waals surface area contributed by atoms with Crippen LogP contribution in [0.1, 0.15) is 24.4 Å². The predicted molar refractivity (Wildman–Crippen MR) is 95.6 cm³/mol. The summed E-state index contributed by atoms with van der Waals surface area (Å²) < 4.78 is 0. The Kier molecular flexibility index (Phi) is 5.90. The molecule has 0 aromatic heterocycles. The van der Waals surface area contributed by atoms with E-state index < -0.39 is 0 Å². The molecule has 2 aliphatic rings. The molecule has 2 fully saturated rings. The average molecular weight is 366 g/mol. The first-order valence-electron chi connectivity index (χ1n) is 8.58. The van der Waals surface area contributed by atoms with Gasteiger partial charge in [0.25, 0.3) is 0 Å². The van der Waals surface area contributed by atoms with Gasteiger partial charge in [0.05, 0.1) is 18.5 Å². The summed E-state index contributed by atoms with van der Waals surface area (Å²) in [6, 6.07) is 7.61. The molecule has 0 spiro atoms. The van der Waals surface area contributed by atoms with Crippen molar-refractivity contribution in [3.05, 3.63) is 34.9 Å². The Morgan fingerprint density at radius 1 is 1.24 bits per heavy atom. The van der Waals surface area contributed by atoms with Gasteiger partial charge in [-0.1, -0.05) is 23.7 Å². The zero-order chi connectivity index (χ0) is 17.8. The molecule has 2 aliphatic heterocycles. The fourth-order valence-electron chi connectivity index (χ4n) is 3.49. The highest BCUT2D eigenvalue weighted by Gasteiger charge is 2.35. The molecule has 0 radical (unpaired) electrons. The van der Waals surface area contributed by atoms with E-state index in [4.69, 9.17) is 17.3 Å². The number of piperidine rings is 1. The van der Waals surface area contributed by atoms with Crippen molar-refractivity contribution in [2.45, 2.75) is 24.9 Å². The predicted octanol–water partition coefficient (Wildman–Crippen LogP) is 0.171. The Morgan fingerprint density at radius 3 is 2.56 bits per heavy atom. The van der Waals surface area contributed by atoms with Gasteiger partial charge in [0, 0.05) is 30.7 Å². The zero-order valence-corrected chi connectivity index (χ0v) is 14.8. The lowest BCUT2D eigenvalue weighted by Crippen LogP contribution is -2.48. The first kappa shape index (κ1) is 18.1. The third kappa shape index (κ3) is 4.70. The summed E-state index contributed by atoms with van der Waals surface area (Å²) in [6.45, 7) is 2.42. The van der Waals surface area contributed by atoms with E-state index in [9.17, 15) is 9.59 Å². The van der Waals surface area contributed by atoms with Gasteiger partial charge in [-0.3, -0.25) is 19.9 Å². The highest BCUT2D eigenvalue weighted by Crippen LogP contribution is 2.26. The highest BCUT2D eigenvalue weighted by atomic mass is 35.5. The molecule has 1 aromatic rings. The lowest BCUT2D eigenvalue weighted by atomic mass is 9.93. The van der Waals surface area contributed by atoms with Crippen molar-refractivity contribution in [1.29, 1.82) is 0 Å². The second-order valence-corrected chi connectivity index (χ2v) is 7.12. The third-order valence-corrected chi connectivity index (χ3v) is 5.11. The van der Waals surface area contributed by atoms with Gasteiger partial charge in [0.1, 0.15) is 0 Å².